The van der Waals surface area contributed by atoms with Crippen LogP contribution in [0.3, 0.4) is 0 Å². The Morgan fingerprint density at radius 2 is 1.83 bits per heavy atom. The van der Waals surface area contributed by atoms with E-state index < -0.39 is 0 Å². The first-order chi connectivity index (χ1) is 5.66. The lowest BCUT2D eigenvalue weighted by molar-refractivity contribution is 0.189. The molecule has 1 fully saturated rings. The van der Waals surface area contributed by atoms with Gasteiger partial charge in [-0.1, -0.05) is 0 Å². The third kappa shape index (κ3) is 1.71. The summed E-state index contributed by atoms with van der Waals surface area (Å²) < 4.78 is 0. The normalized spacial score (nSPS) is 32.2. The number of hydrogen-bond acceptors (Lipinski definition) is 1. The van der Waals surface area contributed by atoms with Crippen LogP contribution in [-0.4, -0.2) is 30.0 Å². The molecule has 0 saturated carbocycles. The fourth-order valence-corrected chi connectivity index (χ4v) is 1.99. The van der Waals surface area contributed by atoms with Gasteiger partial charge < -0.3 is 10.6 Å². The van der Waals surface area contributed by atoms with Gasteiger partial charge in [0.2, 0.25) is 0 Å². The Morgan fingerprint density at radius 1 is 1.33 bits per heavy atom. The van der Waals surface area contributed by atoms with Gasteiger partial charge in [-0.05, 0) is 33.1 Å². The number of piperidine rings is 1. The lowest BCUT2D eigenvalue weighted by Gasteiger charge is -2.39. The first-order valence-corrected chi connectivity index (χ1v) is 4.67. The van der Waals surface area contributed by atoms with Crippen LogP contribution in [0.1, 0.15) is 33.1 Å². The summed E-state index contributed by atoms with van der Waals surface area (Å²) in [7, 11) is 1.75. The molecular weight excluding hydrogens is 150 g/mol. The van der Waals surface area contributed by atoms with Crippen LogP contribution in [0.5, 0.6) is 0 Å². The zero-order chi connectivity index (χ0) is 9.14. The van der Waals surface area contributed by atoms with E-state index in [1.54, 1.807) is 7.05 Å². The molecule has 0 unspecified atom stereocenters. The first kappa shape index (κ1) is 9.36. The number of nitrogens with two attached hydrogens (primary N) is 1. The van der Waals surface area contributed by atoms with Gasteiger partial charge in [0.1, 0.15) is 0 Å². The summed E-state index contributed by atoms with van der Waals surface area (Å²) in [5, 5.41) is 0. The fraction of sp³-hybridized carbons (Fsp3) is 0.889. The van der Waals surface area contributed by atoms with Crippen molar-refractivity contribution < 1.29 is 0 Å². The summed E-state index contributed by atoms with van der Waals surface area (Å²) in [6, 6.07) is 1.11. The molecule has 2 N–H and O–H groups in total. The predicted octanol–water partition coefficient (Wildman–Crippen LogP) is 1.19. The molecule has 1 aliphatic heterocycles. The minimum Gasteiger partial charge on any atom is -0.370 e. The van der Waals surface area contributed by atoms with Crippen molar-refractivity contribution in [1.29, 1.82) is 0 Å². The van der Waals surface area contributed by atoms with E-state index in [2.05, 4.69) is 23.7 Å². The molecule has 0 amide bonds. The second kappa shape index (κ2) is 3.78. The SMILES string of the molecule is CN=C(N)N1[C@H](C)CCC[C@@H]1C. The molecule has 1 rings (SSSR count). The molecule has 12 heavy (non-hydrogen) atoms. The summed E-state index contributed by atoms with van der Waals surface area (Å²) in [6.07, 6.45) is 3.79. The maximum absolute atomic E-state index is 5.80. The van der Waals surface area contributed by atoms with Crippen LogP contribution >= 0.6 is 0 Å². The minimum absolute atomic E-state index is 0.553. The lowest BCUT2D eigenvalue weighted by atomic mass is 9.98. The van der Waals surface area contributed by atoms with Crippen LogP contribution in [0.4, 0.5) is 0 Å². The van der Waals surface area contributed by atoms with Gasteiger partial charge in [-0.25, -0.2) is 0 Å². The maximum Gasteiger partial charge on any atom is 0.191 e. The van der Waals surface area contributed by atoms with E-state index in [9.17, 15) is 0 Å². The highest BCUT2D eigenvalue weighted by Crippen LogP contribution is 2.21. The van der Waals surface area contributed by atoms with Crippen LogP contribution in [0.2, 0.25) is 0 Å². The first-order valence-electron chi connectivity index (χ1n) is 4.67. The molecule has 1 aliphatic rings. The van der Waals surface area contributed by atoms with Crippen LogP contribution in [-0.2, 0) is 0 Å². The Labute approximate surface area is 74.6 Å². The molecular formula is C9H19N3. The van der Waals surface area contributed by atoms with Crippen molar-refractivity contribution in [3.05, 3.63) is 0 Å². The highest BCUT2D eigenvalue weighted by atomic mass is 15.3. The molecule has 0 aromatic carbocycles. The predicted molar refractivity (Wildman–Crippen MR) is 52.2 cm³/mol. The molecule has 0 radical (unpaired) electrons. The van der Waals surface area contributed by atoms with Gasteiger partial charge in [-0.3, -0.25) is 4.99 Å². The Hall–Kier alpha value is -0.730. The third-order valence-electron chi connectivity index (χ3n) is 2.69. The van der Waals surface area contributed by atoms with Gasteiger partial charge in [-0.2, -0.15) is 0 Å². The van der Waals surface area contributed by atoms with E-state index >= 15 is 0 Å². The van der Waals surface area contributed by atoms with Gasteiger partial charge >= 0.3 is 0 Å². The van der Waals surface area contributed by atoms with Crippen LogP contribution < -0.4 is 5.73 Å². The third-order valence-corrected chi connectivity index (χ3v) is 2.69. The van der Waals surface area contributed by atoms with Gasteiger partial charge in [0, 0.05) is 19.1 Å². The Bertz CT molecular complexity index is 167. The molecule has 0 aromatic heterocycles. The number of likely N-dealkylation sites (tertiary alicyclic amines) is 1. The van der Waals surface area contributed by atoms with Crippen molar-refractivity contribution in [2.75, 3.05) is 7.05 Å². The summed E-state index contributed by atoms with van der Waals surface area (Å²) >= 11 is 0. The van der Waals surface area contributed by atoms with E-state index in [4.69, 9.17) is 5.73 Å². The van der Waals surface area contributed by atoms with E-state index in [0.29, 0.717) is 18.0 Å². The fourth-order valence-electron chi connectivity index (χ4n) is 1.99. The van der Waals surface area contributed by atoms with Crippen LogP contribution in [0.25, 0.3) is 0 Å². The quantitative estimate of drug-likeness (QED) is 0.437. The standard InChI is InChI=1S/C9H19N3/c1-7-5-4-6-8(2)12(7)9(10)11-3/h7-8H,4-6H2,1-3H3,(H2,10,11)/t7-,8+. The number of aliphatic imine (C=N–C) groups is 1. The second-order valence-electron chi connectivity index (χ2n) is 3.62. The van der Waals surface area contributed by atoms with Gasteiger partial charge in [0.05, 0.1) is 0 Å². The van der Waals surface area contributed by atoms with Crippen molar-refractivity contribution in [3.63, 3.8) is 0 Å². The molecule has 0 spiro atoms. The average molecular weight is 169 g/mol. The summed E-state index contributed by atoms with van der Waals surface area (Å²) in [5.41, 5.74) is 5.80. The van der Waals surface area contributed by atoms with E-state index in [1.165, 1.54) is 19.3 Å². The lowest BCUT2D eigenvalue weighted by Crippen LogP contribution is -2.50. The Balaban J connectivity index is 2.69. The monoisotopic (exact) mass is 169 g/mol. The molecule has 70 valence electrons. The Kier molecular flexibility index (Phi) is 2.95. The number of guanidine groups is 1. The second-order valence-corrected chi connectivity index (χ2v) is 3.62. The molecule has 0 aromatic rings. The molecule has 2 atom stereocenters. The van der Waals surface area contributed by atoms with Crippen molar-refractivity contribution in [1.82, 2.24) is 4.90 Å². The molecule has 1 heterocycles. The maximum atomic E-state index is 5.80. The highest BCUT2D eigenvalue weighted by Gasteiger charge is 2.25. The van der Waals surface area contributed by atoms with Crippen molar-refractivity contribution >= 4 is 5.96 Å². The molecule has 0 bridgehead atoms. The Morgan fingerprint density at radius 3 is 2.25 bits per heavy atom. The van der Waals surface area contributed by atoms with Crippen LogP contribution in [0.15, 0.2) is 4.99 Å². The van der Waals surface area contributed by atoms with Gasteiger partial charge in [0.25, 0.3) is 0 Å². The summed E-state index contributed by atoms with van der Waals surface area (Å²) in [5.74, 6) is 0.690. The largest absolute Gasteiger partial charge is 0.370 e. The highest BCUT2D eigenvalue weighted by molar-refractivity contribution is 5.78. The molecule has 0 aliphatic carbocycles. The summed E-state index contributed by atoms with van der Waals surface area (Å²) in [4.78, 5) is 6.26. The van der Waals surface area contributed by atoms with E-state index in [-0.39, 0.29) is 0 Å². The molecule has 3 nitrogen and oxygen atoms in total. The van der Waals surface area contributed by atoms with E-state index in [1.807, 2.05) is 0 Å². The number of hydrogen-bond donors (Lipinski definition) is 1. The van der Waals surface area contributed by atoms with Crippen LogP contribution in [0, 0.1) is 0 Å². The minimum atomic E-state index is 0.553. The topological polar surface area (TPSA) is 41.6 Å². The number of nitrogens with zero attached hydrogens (tertiary/aromatic N) is 2. The van der Waals surface area contributed by atoms with Crippen molar-refractivity contribution in [2.24, 2.45) is 10.7 Å². The van der Waals surface area contributed by atoms with Crippen molar-refractivity contribution in [2.45, 2.75) is 45.2 Å². The smallest absolute Gasteiger partial charge is 0.191 e. The number of rotatable bonds is 0. The van der Waals surface area contributed by atoms with Gasteiger partial charge in [0.15, 0.2) is 5.96 Å². The average Bonchev–Trinajstić information content (AvgIpc) is 2.03. The summed E-state index contributed by atoms with van der Waals surface area (Å²) in [6.45, 7) is 4.43. The molecule has 3 heteroatoms. The van der Waals surface area contributed by atoms with Gasteiger partial charge in [-0.15, -0.1) is 0 Å². The van der Waals surface area contributed by atoms with E-state index in [0.717, 1.165) is 0 Å². The van der Waals surface area contributed by atoms with Crippen molar-refractivity contribution in [3.8, 4) is 0 Å². The zero-order valence-corrected chi connectivity index (χ0v) is 8.25. The molecule has 1 saturated heterocycles. The zero-order valence-electron chi connectivity index (χ0n) is 8.25.